The molecule has 0 bridgehead atoms. The van der Waals surface area contributed by atoms with E-state index >= 15 is 0 Å². The van der Waals surface area contributed by atoms with Crippen LogP contribution in [0.5, 0.6) is 0 Å². The number of para-hydroxylation sites is 1. The minimum atomic E-state index is -1.31. The lowest BCUT2D eigenvalue weighted by molar-refractivity contribution is -0.126. The number of hydrogen-bond donors (Lipinski definition) is 3. The Labute approximate surface area is 69.8 Å². The van der Waals surface area contributed by atoms with Crippen LogP contribution in [0.3, 0.4) is 0 Å². The fourth-order valence-electron chi connectivity index (χ4n) is 0.913. The highest BCUT2D eigenvalue weighted by atomic mass is 16.3. The molecule has 4 heteroatoms. The summed E-state index contributed by atoms with van der Waals surface area (Å²) in [6.45, 7) is 0. The molecule has 1 aromatic rings. The molecule has 12 heavy (non-hydrogen) atoms. The van der Waals surface area contributed by atoms with Gasteiger partial charge in [0.15, 0.2) is 6.10 Å². The first-order chi connectivity index (χ1) is 5.63. The molecule has 1 unspecified atom stereocenters. The fraction of sp³-hybridized carbons (Fsp3) is 0.125. The van der Waals surface area contributed by atoms with Crippen molar-refractivity contribution in [3.63, 3.8) is 0 Å². The summed E-state index contributed by atoms with van der Waals surface area (Å²) in [5, 5.41) is 9.22. The number of amides is 1. The fourth-order valence-corrected chi connectivity index (χ4v) is 0.913. The van der Waals surface area contributed by atoms with Crippen molar-refractivity contribution in [3.8, 4) is 0 Å². The van der Waals surface area contributed by atoms with Gasteiger partial charge in [-0.2, -0.15) is 0 Å². The van der Waals surface area contributed by atoms with Crippen molar-refractivity contribution in [1.29, 1.82) is 0 Å². The zero-order valence-corrected chi connectivity index (χ0v) is 6.40. The minimum Gasteiger partial charge on any atom is -0.398 e. The zero-order valence-electron chi connectivity index (χ0n) is 6.40. The summed E-state index contributed by atoms with van der Waals surface area (Å²) in [5.74, 6) is -0.798. The quantitative estimate of drug-likeness (QED) is 0.531. The van der Waals surface area contributed by atoms with Crippen molar-refractivity contribution in [2.45, 2.75) is 6.10 Å². The molecule has 4 nitrogen and oxygen atoms in total. The molecule has 0 aromatic heterocycles. The van der Waals surface area contributed by atoms with Crippen LogP contribution in [0.2, 0.25) is 0 Å². The van der Waals surface area contributed by atoms with Crippen LogP contribution in [0, 0.1) is 0 Å². The number of nitrogens with two attached hydrogens (primary N) is 2. The molecule has 0 saturated carbocycles. The molecule has 1 amide bonds. The standard InChI is InChI=1S/C8H10N2O2/c9-6-4-2-1-3-5(6)7(11)8(10)12/h1-4,7,11H,9H2,(H2,10,12). The molecule has 0 aliphatic rings. The van der Waals surface area contributed by atoms with E-state index in [-0.39, 0.29) is 0 Å². The second-order valence-electron chi connectivity index (χ2n) is 2.43. The molecule has 1 rings (SSSR count). The summed E-state index contributed by atoms with van der Waals surface area (Å²) in [7, 11) is 0. The third-order valence-corrected chi connectivity index (χ3v) is 1.56. The van der Waals surface area contributed by atoms with Gasteiger partial charge in [-0.25, -0.2) is 0 Å². The highest BCUT2D eigenvalue weighted by Crippen LogP contribution is 2.18. The van der Waals surface area contributed by atoms with E-state index in [1.165, 1.54) is 0 Å². The van der Waals surface area contributed by atoms with Gasteiger partial charge in [0.05, 0.1) is 0 Å². The van der Waals surface area contributed by atoms with Crippen molar-refractivity contribution in [2.75, 3.05) is 5.73 Å². The first-order valence-corrected chi connectivity index (χ1v) is 3.44. The minimum absolute atomic E-state index is 0.352. The lowest BCUT2D eigenvalue weighted by Gasteiger charge is -2.08. The Kier molecular flexibility index (Phi) is 2.30. The lowest BCUT2D eigenvalue weighted by atomic mass is 10.1. The van der Waals surface area contributed by atoms with Crippen LogP contribution < -0.4 is 11.5 Å². The molecule has 64 valence electrons. The van der Waals surface area contributed by atoms with Crippen LogP contribution in [0.25, 0.3) is 0 Å². The summed E-state index contributed by atoms with van der Waals surface area (Å²) in [4.78, 5) is 10.6. The van der Waals surface area contributed by atoms with Crippen molar-refractivity contribution >= 4 is 11.6 Å². The average molecular weight is 166 g/mol. The van der Waals surface area contributed by atoms with Crippen LogP contribution in [-0.2, 0) is 4.79 Å². The van der Waals surface area contributed by atoms with Gasteiger partial charge >= 0.3 is 0 Å². The third-order valence-electron chi connectivity index (χ3n) is 1.56. The van der Waals surface area contributed by atoms with Gasteiger partial charge < -0.3 is 16.6 Å². The molecule has 0 saturated heterocycles. The van der Waals surface area contributed by atoms with E-state index in [4.69, 9.17) is 11.5 Å². The Balaban J connectivity index is 3.02. The van der Waals surface area contributed by atoms with Crippen molar-refractivity contribution in [2.24, 2.45) is 5.73 Å². The SMILES string of the molecule is NC(=O)C(O)c1ccccc1N. The molecular weight excluding hydrogens is 156 g/mol. The summed E-state index contributed by atoms with van der Waals surface area (Å²) >= 11 is 0. The third kappa shape index (κ3) is 1.54. The summed E-state index contributed by atoms with van der Waals surface area (Å²) < 4.78 is 0. The number of nitrogen functional groups attached to an aromatic ring is 1. The van der Waals surface area contributed by atoms with Gasteiger partial charge in [-0.1, -0.05) is 18.2 Å². The number of hydrogen-bond acceptors (Lipinski definition) is 3. The first kappa shape index (κ1) is 8.55. The predicted octanol–water partition coefficient (Wildman–Crippen LogP) is -0.213. The largest absolute Gasteiger partial charge is 0.398 e. The zero-order chi connectivity index (χ0) is 9.14. The van der Waals surface area contributed by atoms with Gasteiger partial charge in [-0.15, -0.1) is 0 Å². The number of primary amides is 1. The highest BCUT2D eigenvalue weighted by Gasteiger charge is 2.15. The van der Waals surface area contributed by atoms with Gasteiger partial charge in [0.25, 0.3) is 5.91 Å². The Morgan fingerprint density at radius 2 is 2.00 bits per heavy atom. The van der Waals surface area contributed by atoms with Crippen LogP contribution in [0.15, 0.2) is 24.3 Å². The van der Waals surface area contributed by atoms with E-state index in [1.54, 1.807) is 24.3 Å². The van der Waals surface area contributed by atoms with Gasteiger partial charge in [-0.3, -0.25) is 4.79 Å². The van der Waals surface area contributed by atoms with Crippen LogP contribution in [0.1, 0.15) is 11.7 Å². The van der Waals surface area contributed by atoms with Crippen LogP contribution >= 0.6 is 0 Å². The van der Waals surface area contributed by atoms with Gasteiger partial charge in [0.1, 0.15) is 0 Å². The predicted molar refractivity (Wildman–Crippen MR) is 45.0 cm³/mol. The van der Waals surface area contributed by atoms with E-state index in [2.05, 4.69) is 0 Å². The molecule has 0 aliphatic carbocycles. The van der Waals surface area contributed by atoms with Crippen molar-refractivity contribution in [3.05, 3.63) is 29.8 Å². The molecule has 1 aromatic carbocycles. The molecule has 1 atom stereocenters. The van der Waals surface area contributed by atoms with E-state index in [0.717, 1.165) is 0 Å². The van der Waals surface area contributed by atoms with Crippen molar-refractivity contribution in [1.82, 2.24) is 0 Å². The Morgan fingerprint density at radius 1 is 1.42 bits per heavy atom. The number of aliphatic hydroxyl groups is 1. The number of carbonyl (C=O) groups excluding carboxylic acids is 1. The van der Waals surface area contributed by atoms with E-state index in [9.17, 15) is 9.90 Å². The highest BCUT2D eigenvalue weighted by molar-refractivity contribution is 5.81. The molecule has 5 N–H and O–H groups in total. The second kappa shape index (κ2) is 3.23. The molecule has 0 aliphatic heterocycles. The summed E-state index contributed by atoms with van der Waals surface area (Å²) in [6.07, 6.45) is -1.31. The van der Waals surface area contributed by atoms with E-state index in [0.29, 0.717) is 11.3 Å². The number of benzene rings is 1. The lowest BCUT2D eigenvalue weighted by Crippen LogP contribution is -2.21. The van der Waals surface area contributed by atoms with Gasteiger partial charge in [-0.05, 0) is 6.07 Å². The Hall–Kier alpha value is -1.55. The first-order valence-electron chi connectivity index (χ1n) is 3.44. The molecule has 0 heterocycles. The molecular formula is C8H10N2O2. The Bertz CT molecular complexity index is 299. The number of aliphatic hydroxyl groups excluding tert-OH is 1. The van der Waals surface area contributed by atoms with Crippen molar-refractivity contribution < 1.29 is 9.90 Å². The maximum Gasteiger partial charge on any atom is 0.250 e. The monoisotopic (exact) mass is 166 g/mol. The van der Waals surface area contributed by atoms with Gasteiger partial charge in [0, 0.05) is 11.3 Å². The Morgan fingerprint density at radius 3 is 2.50 bits per heavy atom. The maximum atomic E-state index is 10.6. The number of anilines is 1. The van der Waals surface area contributed by atoms with Gasteiger partial charge in [0.2, 0.25) is 0 Å². The van der Waals surface area contributed by atoms with E-state index < -0.39 is 12.0 Å². The average Bonchev–Trinajstić information content (AvgIpc) is 2.04. The molecule has 0 spiro atoms. The molecule has 0 fully saturated rings. The summed E-state index contributed by atoms with van der Waals surface area (Å²) in [5.41, 5.74) is 11.1. The van der Waals surface area contributed by atoms with E-state index in [1.807, 2.05) is 0 Å². The maximum absolute atomic E-state index is 10.6. The smallest absolute Gasteiger partial charge is 0.250 e. The van der Waals surface area contributed by atoms with Crippen LogP contribution in [-0.4, -0.2) is 11.0 Å². The second-order valence-corrected chi connectivity index (χ2v) is 2.43. The number of rotatable bonds is 2. The number of carbonyl (C=O) groups is 1. The molecule has 0 radical (unpaired) electrons. The topological polar surface area (TPSA) is 89.3 Å². The summed E-state index contributed by atoms with van der Waals surface area (Å²) in [6, 6.07) is 6.55. The normalized spacial score (nSPS) is 12.4. The van der Waals surface area contributed by atoms with Crippen LogP contribution in [0.4, 0.5) is 5.69 Å².